The van der Waals surface area contributed by atoms with Gasteiger partial charge < -0.3 is 0 Å². The largest absolute Gasteiger partial charge is 0.294 e. The van der Waals surface area contributed by atoms with Gasteiger partial charge in [0.15, 0.2) is 0 Å². The molecule has 0 N–H and O–H groups in total. The third-order valence-corrected chi connectivity index (χ3v) is 4.23. The maximum atomic E-state index is 4.70. The summed E-state index contributed by atoms with van der Waals surface area (Å²) in [5.74, 6) is 1.08. The van der Waals surface area contributed by atoms with E-state index in [1.807, 2.05) is 0 Å². The summed E-state index contributed by atoms with van der Waals surface area (Å²) in [5, 5.41) is 0. The molecule has 3 rings (SSSR count). The van der Waals surface area contributed by atoms with Crippen molar-refractivity contribution in [3.8, 4) is 0 Å². The van der Waals surface area contributed by atoms with Gasteiger partial charge in [-0.1, -0.05) is 0 Å². The molecular weight excluding hydrogens is 146 g/mol. The Morgan fingerprint density at radius 1 is 1.25 bits per heavy atom. The lowest BCUT2D eigenvalue weighted by atomic mass is 9.79. The predicted octanol–water partition coefficient (Wildman–Crippen LogP) is 2.80. The van der Waals surface area contributed by atoms with Crippen LogP contribution in [0.5, 0.6) is 0 Å². The van der Waals surface area contributed by atoms with Crippen molar-refractivity contribution in [2.45, 2.75) is 44.9 Å². The molecule has 0 unspecified atom stereocenters. The zero-order chi connectivity index (χ0) is 8.02. The predicted molar refractivity (Wildman–Crippen MR) is 50.5 cm³/mol. The van der Waals surface area contributed by atoms with E-state index in [-0.39, 0.29) is 0 Å². The minimum absolute atomic E-state index is 0.640. The standard InChI is InChI=1S/C11H17N/c1-2-10(12-7-1)11-5-3-9(8-11)4-6-11/h9H,1-8H2. The topological polar surface area (TPSA) is 12.4 Å². The van der Waals surface area contributed by atoms with Crippen molar-refractivity contribution in [1.29, 1.82) is 0 Å². The van der Waals surface area contributed by atoms with Crippen LogP contribution in [0.1, 0.15) is 44.9 Å². The highest BCUT2D eigenvalue weighted by atomic mass is 14.8. The van der Waals surface area contributed by atoms with E-state index in [0.717, 1.165) is 12.5 Å². The molecule has 2 aliphatic carbocycles. The molecule has 0 atom stereocenters. The number of hydrogen-bond acceptors (Lipinski definition) is 1. The molecule has 12 heavy (non-hydrogen) atoms. The molecule has 0 aromatic carbocycles. The Labute approximate surface area is 74.3 Å². The third-order valence-electron chi connectivity index (χ3n) is 4.23. The molecule has 0 amide bonds. The summed E-state index contributed by atoms with van der Waals surface area (Å²) in [7, 11) is 0. The van der Waals surface area contributed by atoms with E-state index < -0.39 is 0 Å². The smallest absolute Gasteiger partial charge is 0.0392 e. The summed E-state index contributed by atoms with van der Waals surface area (Å²) in [6, 6.07) is 0. The van der Waals surface area contributed by atoms with E-state index in [2.05, 4.69) is 0 Å². The molecule has 1 heteroatoms. The summed E-state index contributed by atoms with van der Waals surface area (Å²) < 4.78 is 0. The zero-order valence-electron chi connectivity index (χ0n) is 7.68. The van der Waals surface area contributed by atoms with E-state index in [9.17, 15) is 0 Å². The number of aliphatic imine (C=N–C) groups is 1. The Morgan fingerprint density at radius 2 is 2.08 bits per heavy atom. The average molecular weight is 163 g/mol. The molecule has 1 heterocycles. The SMILES string of the molecule is C1CN=C(C23CCC(CC2)C3)C1. The van der Waals surface area contributed by atoms with Crippen molar-refractivity contribution in [1.82, 2.24) is 0 Å². The van der Waals surface area contributed by atoms with Crippen molar-refractivity contribution in [2.75, 3.05) is 6.54 Å². The van der Waals surface area contributed by atoms with Crippen LogP contribution >= 0.6 is 0 Å². The van der Waals surface area contributed by atoms with Crippen LogP contribution in [0.3, 0.4) is 0 Å². The highest BCUT2D eigenvalue weighted by molar-refractivity contribution is 5.92. The van der Waals surface area contributed by atoms with E-state index in [0.29, 0.717) is 5.41 Å². The van der Waals surface area contributed by atoms with Crippen molar-refractivity contribution < 1.29 is 0 Å². The molecular formula is C11H17N. The molecule has 66 valence electrons. The first-order chi connectivity index (χ1) is 5.89. The third kappa shape index (κ3) is 0.826. The molecule has 3 aliphatic rings. The van der Waals surface area contributed by atoms with Gasteiger partial charge in [0.25, 0.3) is 0 Å². The van der Waals surface area contributed by atoms with Gasteiger partial charge in [-0.05, 0) is 50.9 Å². The number of nitrogens with zero attached hydrogens (tertiary/aromatic N) is 1. The Balaban J connectivity index is 1.90. The fourth-order valence-electron chi connectivity index (χ4n) is 3.57. The lowest BCUT2D eigenvalue weighted by Gasteiger charge is -2.26. The zero-order valence-corrected chi connectivity index (χ0v) is 7.68. The molecule has 1 nitrogen and oxygen atoms in total. The van der Waals surface area contributed by atoms with Crippen molar-refractivity contribution in [3.05, 3.63) is 0 Å². The van der Waals surface area contributed by atoms with Crippen LogP contribution in [0.15, 0.2) is 4.99 Å². The van der Waals surface area contributed by atoms with Crippen LogP contribution in [0.4, 0.5) is 0 Å². The van der Waals surface area contributed by atoms with Gasteiger partial charge in [0.1, 0.15) is 0 Å². The summed E-state index contributed by atoms with van der Waals surface area (Å²) >= 11 is 0. The second-order valence-electron chi connectivity index (χ2n) is 4.86. The highest BCUT2D eigenvalue weighted by Gasteiger charge is 2.48. The number of hydrogen-bond donors (Lipinski definition) is 0. The average Bonchev–Trinajstić information content (AvgIpc) is 2.82. The summed E-state index contributed by atoms with van der Waals surface area (Å²) in [6.07, 6.45) is 10.1. The normalized spacial score (nSPS) is 45.3. The first-order valence-corrected chi connectivity index (χ1v) is 5.43. The van der Waals surface area contributed by atoms with E-state index in [1.165, 1.54) is 44.9 Å². The van der Waals surface area contributed by atoms with Crippen LogP contribution in [-0.4, -0.2) is 12.3 Å². The van der Waals surface area contributed by atoms with Crippen LogP contribution in [0, 0.1) is 11.3 Å². The van der Waals surface area contributed by atoms with Gasteiger partial charge in [0.05, 0.1) is 0 Å². The second-order valence-corrected chi connectivity index (χ2v) is 4.86. The number of rotatable bonds is 1. The lowest BCUT2D eigenvalue weighted by Crippen LogP contribution is -2.24. The second kappa shape index (κ2) is 2.34. The first-order valence-electron chi connectivity index (χ1n) is 5.43. The molecule has 0 radical (unpaired) electrons. The molecule has 2 bridgehead atoms. The van der Waals surface area contributed by atoms with Gasteiger partial charge in [-0.3, -0.25) is 4.99 Å². The van der Waals surface area contributed by atoms with Crippen LogP contribution < -0.4 is 0 Å². The minimum atomic E-state index is 0.640. The summed E-state index contributed by atoms with van der Waals surface area (Å²) in [6.45, 7) is 1.13. The Kier molecular flexibility index (Phi) is 1.38. The monoisotopic (exact) mass is 163 g/mol. The maximum Gasteiger partial charge on any atom is 0.0392 e. The van der Waals surface area contributed by atoms with Crippen LogP contribution in [0.2, 0.25) is 0 Å². The van der Waals surface area contributed by atoms with Crippen molar-refractivity contribution in [3.63, 3.8) is 0 Å². The minimum Gasteiger partial charge on any atom is -0.294 e. The van der Waals surface area contributed by atoms with Crippen molar-refractivity contribution >= 4 is 5.71 Å². The Hall–Kier alpha value is -0.330. The van der Waals surface area contributed by atoms with Gasteiger partial charge in [-0.25, -0.2) is 0 Å². The molecule has 0 spiro atoms. The Morgan fingerprint density at radius 3 is 2.58 bits per heavy atom. The summed E-state index contributed by atoms with van der Waals surface area (Å²) in [5.41, 5.74) is 2.25. The van der Waals surface area contributed by atoms with E-state index in [4.69, 9.17) is 4.99 Å². The van der Waals surface area contributed by atoms with E-state index >= 15 is 0 Å². The maximum absolute atomic E-state index is 4.70. The molecule has 2 saturated carbocycles. The Bertz CT molecular complexity index is 221. The first kappa shape index (κ1) is 7.11. The molecule has 0 saturated heterocycles. The molecule has 1 aliphatic heterocycles. The fraction of sp³-hybridized carbons (Fsp3) is 0.909. The lowest BCUT2D eigenvalue weighted by molar-refractivity contribution is 0.410. The van der Waals surface area contributed by atoms with Crippen LogP contribution in [0.25, 0.3) is 0 Å². The molecule has 0 aromatic heterocycles. The molecule has 2 fully saturated rings. The molecule has 0 aromatic rings. The van der Waals surface area contributed by atoms with Gasteiger partial charge in [-0.2, -0.15) is 0 Å². The van der Waals surface area contributed by atoms with Crippen LogP contribution in [-0.2, 0) is 0 Å². The van der Waals surface area contributed by atoms with Gasteiger partial charge in [0, 0.05) is 17.7 Å². The fourth-order valence-corrected chi connectivity index (χ4v) is 3.57. The summed E-state index contributed by atoms with van der Waals surface area (Å²) in [4.78, 5) is 4.70. The highest BCUT2D eigenvalue weighted by Crippen LogP contribution is 2.55. The number of fused-ring (bicyclic) bond motifs is 2. The van der Waals surface area contributed by atoms with E-state index in [1.54, 1.807) is 5.71 Å². The van der Waals surface area contributed by atoms with Gasteiger partial charge in [0.2, 0.25) is 0 Å². The van der Waals surface area contributed by atoms with Gasteiger partial charge >= 0.3 is 0 Å². The quantitative estimate of drug-likeness (QED) is 0.563. The van der Waals surface area contributed by atoms with Crippen molar-refractivity contribution in [2.24, 2.45) is 16.3 Å². The van der Waals surface area contributed by atoms with Gasteiger partial charge in [-0.15, -0.1) is 0 Å².